The van der Waals surface area contributed by atoms with Gasteiger partial charge in [0.2, 0.25) is 5.91 Å². The molecule has 0 spiro atoms. The molecule has 4 N–H and O–H groups in total. The van der Waals surface area contributed by atoms with Gasteiger partial charge in [0.05, 0.1) is 39.9 Å². The molecule has 4 aliphatic rings. The molecule has 0 bridgehead atoms. The number of aromatic amines is 1. The summed E-state index contributed by atoms with van der Waals surface area (Å²) in [6.45, 7) is 14.1. The quantitative estimate of drug-likeness (QED) is 0.100. The Labute approximate surface area is 381 Å². The van der Waals surface area contributed by atoms with Gasteiger partial charge >= 0.3 is 0 Å². The van der Waals surface area contributed by atoms with Crippen LogP contribution in [-0.2, 0) is 26.4 Å². The third-order valence-corrected chi connectivity index (χ3v) is 16.3. The van der Waals surface area contributed by atoms with Crippen LogP contribution < -0.4 is 31.0 Å². The van der Waals surface area contributed by atoms with E-state index >= 15 is 0 Å². The highest BCUT2D eigenvalue weighted by atomic mass is 35.5. The van der Waals surface area contributed by atoms with Crippen LogP contribution in [-0.4, -0.2) is 98.5 Å². The largest absolute Gasteiger partial charge is 0.493 e. The van der Waals surface area contributed by atoms with Gasteiger partial charge in [-0.25, -0.2) is 8.42 Å². The van der Waals surface area contributed by atoms with Gasteiger partial charge in [-0.1, -0.05) is 46.2 Å². The lowest BCUT2D eigenvalue weighted by atomic mass is 9.49. The van der Waals surface area contributed by atoms with E-state index in [4.69, 9.17) is 25.8 Å². The molecule has 2 saturated heterocycles. The number of nitriles is 1. The highest BCUT2D eigenvalue weighted by molar-refractivity contribution is 7.91. The predicted octanol–water partition coefficient (Wildman–Crippen LogP) is 6.22. The molecule has 2 aliphatic carbocycles. The van der Waals surface area contributed by atoms with Crippen LogP contribution in [0.25, 0.3) is 22.0 Å². The Morgan fingerprint density at radius 1 is 1.02 bits per heavy atom. The number of rotatable bonds is 16. The molecule has 2 saturated carbocycles. The second-order valence-corrected chi connectivity index (χ2v) is 22.0. The zero-order valence-corrected chi connectivity index (χ0v) is 39.3. The smallest absolute Gasteiger partial charge is 0.274 e. The van der Waals surface area contributed by atoms with Crippen LogP contribution in [0, 0.1) is 39.9 Å². The van der Waals surface area contributed by atoms with Crippen LogP contribution in [0.1, 0.15) is 72.3 Å². The van der Waals surface area contributed by atoms with Crippen molar-refractivity contribution in [2.24, 2.45) is 35.6 Å². The van der Waals surface area contributed by atoms with Crippen molar-refractivity contribution in [3.63, 3.8) is 0 Å². The second-order valence-electron chi connectivity index (χ2n) is 19.3. The summed E-state index contributed by atoms with van der Waals surface area (Å²) in [6.07, 6.45) is 8.49. The third kappa shape index (κ3) is 9.32. The van der Waals surface area contributed by atoms with Gasteiger partial charge in [-0.05, 0) is 80.3 Å². The van der Waals surface area contributed by atoms with E-state index in [1.165, 1.54) is 4.57 Å². The van der Waals surface area contributed by atoms with Gasteiger partial charge in [0.15, 0.2) is 9.84 Å². The highest BCUT2D eigenvalue weighted by Crippen LogP contribution is 2.55. The minimum Gasteiger partial charge on any atom is -0.493 e. The first-order valence-corrected chi connectivity index (χ1v) is 24.7. The number of piperidine rings is 1. The number of hydrogen-bond donors (Lipinski definition) is 4. The summed E-state index contributed by atoms with van der Waals surface area (Å²) in [7, 11) is -1.79. The summed E-state index contributed by atoms with van der Waals surface area (Å²) in [4.78, 5) is 32.1. The summed E-state index contributed by atoms with van der Waals surface area (Å²) >= 11 is 6.27. The molecule has 2 aromatic heterocycles. The van der Waals surface area contributed by atoms with E-state index in [0.717, 1.165) is 50.8 Å². The number of H-pyrrole nitrogens is 1. The Morgan fingerprint density at radius 2 is 1.73 bits per heavy atom. The lowest BCUT2D eigenvalue weighted by molar-refractivity contribution is -0.174. The van der Waals surface area contributed by atoms with E-state index in [1.54, 1.807) is 62.8 Å². The number of sulfone groups is 1. The molecule has 14 nitrogen and oxygen atoms in total. The number of fused-ring (bicyclic) bond motifs is 1. The van der Waals surface area contributed by atoms with Crippen LogP contribution >= 0.6 is 11.6 Å². The van der Waals surface area contributed by atoms with Crippen LogP contribution in [0.3, 0.4) is 0 Å². The number of amides is 1. The van der Waals surface area contributed by atoms with Crippen molar-refractivity contribution < 1.29 is 27.4 Å². The van der Waals surface area contributed by atoms with Gasteiger partial charge < -0.3 is 29.1 Å². The average molecular weight is 917 g/mol. The van der Waals surface area contributed by atoms with Crippen molar-refractivity contribution in [1.29, 1.82) is 5.26 Å². The van der Waals surface area contributed by atoms with Crippen molar-refractivity contribution in [2.75, 3.05) is 45.1 Å². The van der Waals surface area contributed by atoms with Crippen molar-refractivity contribution in [3.05, 3.63) is 75.8 Å². The number of nitrogens with zero attached hydrogens (tertiary/aromatic N) is 3. The number of likely N-dealkylation sites (tertiary alicyclic amines) is 1. The molecule has 0 radical (unpaired) electrons. The maximum absolute atomic E-state index is 13.6. The predicted molar refractivity (Wildman–Crippen MR) is 247 cm³/mol. The summed E-state index contributed by atoms with van der Waals surface area (Å²) < 4.78 is 46.9. The fourth-order valence-corrected chi connectivity index (χ4v) is 11.7. The SMILES string of the molecule is CCS(=O)(=O)c1ccc(OCC(CCOC2CCN(C3NCC(C(=O)NC4C(C)(C)C(Oc5ccc(C#N)c(Cl)c5)C4(C)C)CN3)CC2)C2CC2)c(-c2cn(C)c(=O)c3[nH]ccc23)c1. The number of pyridine rings is 1. The molecule has 2 aliphatic heterocycles. The first kappa shape index (κ1) is 46.1. The number of carbonyl (C=O) groups excluding carboxylic acids is 1. The van der Waals surface area contributed by atoms with Gasteiger partial charge in [0.25, 0.3) is 5.56 Å². The van der Waals surface area contributed by atoms with Crippen molar-refractivity contribution in [2.45, 2.75) is 96.2 Å². The normalized spacial score (nSPS) is 24.1. The van der Waals surface area contributed by atoms with E-state index in [0.29, 0.717) is 76.7 Å². The van der Waals surface area contributed by atoms with Gasteiger partial charge in [-0.3, -0.25) is 25.1 Å². The molecule has 8 rings (SSSR count). The molecule has 1 atom stereocenters. The molecule has 1 amide bonds. The monoisotopic (exact) mass is 915 g/mol. The summed E-state index contributed by atoms with van der Waals surface area (Å²) in [5, 5.41) is 20.8. The highest BCUT2D eigenvalue weighted by Gasteiger charge is 2.64. The van der Waals surface area contributed by atoms with Crippen LogP contribution in [0.2, 0.25) is 5.02 Å². The number of aromatic nitrogens is 2. The zero-order valence-electron chi connectivity index (χ0n) is 37.7. The number of hydrogen-bond acceptors (Lipinski definition) is 11. The van der Waals surface area contributed by atoms with Gasteiger partial charge in [-0.15, -0.1) is 0 Å². The average Bonchev–Trinajstić information content (AvgIpc) is 4.02. The molecule has 4 heterocycles. The first-order chi connectivity index (χ1) is 30.5. The Bertz CT molecular complexity index is 2550. The standard InChI is InChI=1S/C48H62ClN7O7S/c1-7-64(59,60)35-12-13-40(37(23-35)38-27-55(6)43(58)41-36(38)14-18-51-41)62-28-31(29-8-9-29)17-21-61-33-15-19-56(20-16-33)46-52-25-32(26-53-46)42(57)54-44-47(2,3)45(48(44,4)5)63-34-11-10-30(24-50)39(49)22-34/h10-14,18,22-23,27,29,31-33,44-46,51-53H,7-9,15-17,19-21,25-26,28H2,1-6H3,(H,54,57). The number of halogens is 1. The molecule has 4 fully saturated rings. The van der Waals surface area contributed by atoms with Gasteiger partial charge in [0, 0.05) is 91.7 Å². The molecular formula is C48H62ClN7O7S. The number of ether oxygens (including phenoxy) is 3. The number of nitrogens with one attached hydrogen (secondary N) is 4. The topological polar surface area (TPSA) is 180 Å². The van der Waals surface area contributed by atoms with E-state index in [2.05, 4.69) is 59.6 Å². The Balaban J connectivity index is 0.793. The fourth-order valence-electron chi connectivity index (χ4n) is 10.5. The lowest BCUT2D eigenvalue weighted by Crippen LogP contribution is -2.75. The van der Waals surface area contributed by atoms with Crippen molar-refractivity contribution in [1.82, 2.24) is 30.4 Å². The van der Waals surface area contributed by atoms with E-state index in [9.17, 15) is 23.3 Å². The summed E-state index contributed by atoms with van der Waals surface area (Å²) in [5.74, 6) is 1.85. The fraction of sp³-hybridized carbons (Fsp3) is 0.562. The number of carbonyl (C=O) groups is 1. The molecule has 1 unspecified atom stereocenters. The van der Waals surface area contributed by atoms with E-state index in [1.807, 2.05) is 6.07 Å². The maximum Gasteiger partial charge on any atom is 0.274 e. The van der Waals surface area contributed by atoms with Crippen LogP contribution in [0.4, 0.5) is 0 Å². The van der Waals surface area contributed by atoms with Gasteiger partial charge in [-0.2, -0.15) is 5.26 Å². The Hall–Kier alpha value is -4.43. The maximum atomic E-state index is 13.6. The number of aryl methyl sites for hydroxylation is 1. The van der Waals surface area contributed by atoms with E-state index < -0.39 is 9.84 Å². The minimum absolute atomic E-state index is 0.00913. The first-order valence-electron chi connectivity index (χ1n) is 22.7. The molecule has 16 heteroatoms. The molecule has 64 heavy (non-hydrogen) atoms. The molecule has 344 valence electrons. The van der Waals surface area contributed by atoms with Crippen LogP contribution in [0.15, 0.2) is 64.5 Å². The molecule has 4 aromatic rings. The van der Waals surface area contributed by atoms with Crippen molar-refractivity contribution >= 4 is 38.2 Å². The lowest BCUT2D eigenvalue weighted by Gasteiger charge is -2.63. The number of benzene rings is 2. The van der Waals surface area contributed by atoms with Crippen molar-refractivity contribution in [3.8, 4) is 28.7 Å². The van der Waals surface area contributed by atoms with E-state index in [-0.39, 0.29) is 63.4 Å². The Morgan fingerprint density at radius 3 is 2.39 bits per heavy atom. The third-order valence-electron chi connectivity index (χ3n) is 14.2. The van der Waals surface area contributed by atoms with Gasteiger partial charge in [0.1, 0.15) is 35.5 Å². The minimum atomic E-state index is -3.48. The Kier molecular flexibility index (Phi) is 13.3. The summed E-state index contributed by atoms with van der Waals surface area (Å²) in [6, 6.07) is 14.0. The molecule has 2 aromatic carbocycles. The zero-order chi connectivity index (χ0) is 45.6. The summed E-state index contributed by atoms with van der Waals surface area (Å²) in [5.41, 5.74) is 1.41. The second kappa shape index (κ2) is 18.5. The van der Waals surface area contributed by atoms with Crippen LogP contribution in [0.5, 0.6) is 11.5 Å². The molecular weight excluding hydrogens is 854 g/mol.